The van der Waals surface area contributed by atoms with Crippen LogP contribution >= 0.6 is 15.9 Å². The predicted octanol–water partition coefficient (Wildman–Crippen LogP) is 2.97. The lowest BCUT2D eigenvalue weighted by Crippen LogP contribution is -2.50. The number of rotatable bonds is 7. The first-order chi connectivity index (χ1) is 17.6. The number of hydrogen-bond acceptors (Lipinski definition) is 6. The van der Waals surface area contributed by atoms with Crippen LogP contribution < -0.4 is 5.32 Å². The lowest BCUT2D eigenvalue weighted by Gasteiger charge is -2.34. The van der Waals surface area contributed by atoms with Crippen molar-refractivity contribution < 1.29 is 14.7 Å². The van der Waals surface area contributed by atoms with Gasteiger partial charge in [0.25, 0.3) is 0 Å². The SMILES string of the molecule is CC(C)(C)[C@@H](C(=O)N1C[C@H](O)C[C@H]1C(=O)NCc1cnn(-c2ccc(Br)cc2)c1)n1cc(C2CC2)nn1. The van der Waals surface area contributed by atoms with Crippen LogP contribution in [-0.4, -0.2) is 65.3 Å². The van der Waals surface area contributed by atoms with Crippen LogP contribution in [0.5, 0.6) is 0 Å². The van der Waals surface area contributed by atoms with E-state index in [0.717, 1.165) is 34.3 Å². The van der Waals surface area contributed by atoms with Crippen molar-refractivity contribution >= 4 is 27.7 Å². The summed E-state index contributed by atoms with van der Waals surface area (Å²) in [5.41, 5.74) is 2.17. The van der Waals surface area contributed by atoms with Gasteiger partial charge in [-0.3, -0.25) is 9.59 Å². The van der Waals surface area contributed by atoms with E-state index in [2.05, 4.69) is 36.7 Å². The number of benzene rings is 1. The van der Waals surface area contributed by atoms with Crippen molar-refractivity contribution in [2.75, 3.05) is 6.54 Å². The van der Waals surface area contributed by atoms with Crippen LogP contribution in [-0.2, 0) is 16.1 Å². The molecule has 3 heterocycles. The van der Waals surface area contributed by atoms with Gasteiger partial charge in [-0.05, 0) is 42.5 Å². The number of carbonyl (C=O) groups excluding carboxylic acids is 2. The summed E-state index contributed by atoms with van der Waals surface area (Å²) in [6, 6.07) is 6.35. The summed E-state index contributed by atoms with van der Waals surface area (Å²) in [7, 11) is 0. The third kappa shape index (κ3) is 5.62. The summed E-state index contributed by atoms with van der Waals surface area (Å²) in [6.45, 7) is 6.28. The van der Waals surface area contributed by atoms with E-state index in [0.29, 0.717) is 5.92 Å². The summed E-state index contributed by atoms with van der Waals surface area (Å²) in [5, 5.41) is 26.3. The van der Waals surface area contributed by atoms with Crippen LogP contribution in [0, 0.1) is 5.41 Å². The first-order valence-corrected chi connectivity index (χ1v) is 13.4. The Hall–Kier alpha value is -3.05. The highest BCUT2D eigenvalue weighted by atomic mass is 79.9. The van der Waals surface area contributed by atoms with E-state index in [1.54, 1.807) is 15.6 Å². The zero-order valence-corrected chi connectivity index (χ0v) is 22.8. The average Bonchev–Trinajstić information content (AvgIpc) is 3.22. The standard InChI is InChI=1S/C26H32BrN7O3/c1-26(2,3)23(34-15-21(30-31-34)17-4-5-17)25(37)32-14-20(35)10-22(32)24(36)28-11-16-12-29-33(13-16)19-8-6-18(27)7-9-19/h6-9,12-13,15,17,20,22-23,35H,4-5,10-11,14H2,1-3H3,(H,28,36)/t20-,22+,23-/m1/s1. The van der Waals surface area contributed by atoms with Crippen LogP contribution in [0.3, 0.4) is 0 Å². The minimum absolute atomic E-state index is 0.106. The third-order valence-electron chi connectivity index (χ3n) is 6.90. The fourth-order valence-corrected chi connectivity index (χ4v) is 5.08. The molecule has 1 aromatic carbocycles. The number of aliphatic hydroxyl groups excluding tert-OH is 1. The minimum atomic E-state index is -0.766. The zero-order chi connectivity index (χ0) is 26.3. The number of amides is 2. The molecule has 2 fully saturated rings. The molecular weight excluding hydrogens is 538 g/mol. The topological polar surface area (TPSA) is 118 Å². The summed E-state index contributed by atoms with van der Waals surface area (Å²) in [4.78, 5) is 28.6. The van der Waals surface area contributed by atoms with E-state index in [-0.39, 0.29) is 31.3 Å². The molecule has 2 aromatic heterocycles. The maximum absolute atomic E-state index is 13.8. The van der Waals surface area contributed by atoms with Crippen molar-refractivity contribution in [3.8, 4) is 5.69 Å². The number of β-amino-alcohol motifs (C(OH)–C–C–N with tert-alkyl or cyclic N) is 1. The predicted molar refractivity (Wildman–Crippen MR) is 140 cm³/mol. The Morgan fingerprint density at radius 3 is 2.59 bits per heavy atom. The Bertz CT molecular complexity index is 1280. The molecule has 0 unspecified atom stereocenters. The number of aliphatic hydroxyl groups is 1. The molecule has 11 heteroatoms. The molecule has 2 N–H and O–H groups in total. The van der Waals surface area contributed by atoms with Gasteiger partial charge in [0.1, 0.15) is 12.1 Å². The van der Waals surface area contributed by atoms with Crippen molar-refractivity contribution in [2.24, 2.45) is 5.41 Å². The summed E-state index contributed by atoms with van der Waals surface area (Å²) in [6.07, 6.45) is 7.02. The fraction of sp³-hybridized carbons (Fsp3) is 0.500. The maximum Gasteiger partial charge on any atom is 0.248 e. The number of nitrogens with zero attached hydrogens (tertiary/aromatic N) is 6. The van der Waals surface area contributed by atoms with Crippen molar-refractivity contribution in [1.82, 2.24) is 35.0 Å². The second kappa shape index (κ2) is 10.0. The van der Waals surface area contributed by atoms with Crippen molar-refractivity contribution in [3.63, 3.8) is 0 Å². The molecule has 5 rings (SSSR count). The smallest absolute Gasteiger partial charge is 0.248 e. The van der Waals surface area contributed by atoms with E-state index in [1.807, 2.05) is 57.4 Å². The Kier molecular flexibility index (Phi) is 6.93. The normalized spacial score (nSPS) is 20.7. The lowest BCUT2D eigenvalue weighted by atomic mass is 9.85. The van der Waals surface area contributed by atoms with Crippen molar-refractivity contribution in [2.45, 2.75) is 70.7 Å². The molecule has 1 saturated heterocycles. The van der Waals surface area contributed by atoms with Gasteiger partial charge in [0.2, 0.25) is 11.8 Å². The van der Waals surface area contributed by atoms with Gasteiger partial charge in [-0.25, -0.2) is 9.36 Å². The molecule has 10 nitrogen and oxygen atoms in total. The van der Waals surface area contributed by atoms with Gasteiger partial charge in [0, 0.05) is 47.9 Å². The quantitative estimate of drug-likeness (QED) is 0.451. The number of hydrogen-bond donors (Lipinski definition) is 2. The van der Waals surface area contributed by atoms with E-state index in [4.69, 9.17) is 0 Å². The molecule has 0 spiro atoms. The summed E-state index contributed by atoms with van der Waals surface area (Å²) in [5.74, 6) is -0.115. The molecular formula is C26H32BrN7O3. The lowest BCUT2D eigenvalue weighted by molar-refractivity contribution is -0.144. The zero-order valence-electron chi connectivity index (χ0n) is 21.2. The first-order valence-electron chi connectivity index (χ1n) is 12.6. The molecule has 196 valence electrons. The van der Waals surface area contributed by atoms with Gasteiger partial charge in [0.05, 0.1) is 23.7 Å². The third-order valence-corrected chi connectivity index (χ3v) is 7.43. The van der Waals surface area contributed by atoms with Crippen molar-refractivity contribution in [1.29, 1.82) is 0 Å². The van der Waals surface area contributed by atoms with E-state index < -0.39 is 23.6 Å². The molecule has 1 aliphatic carbocycles. The van der Waals surface area contributed by atoms with Gasteiger partial charge in [0.15, 0.2) is 0 Å². The molecule has 2 aliphatic rings. The first kappa shape index (κ1) is 25.6. The Morgan fingerprint density at radius 1 is 1.19 bits per heavy atom. The number of aromatic nitrogens is 5. The molecule has 37 heavy (non-hydrogen) atoms. The molecule has 3 atom stereocenters. The monoisotopic (exact) mass is 569 g/mol. The van der Waals surface area contributed by atoms with Gasteiger partial charge in [-0.2, -0.15) is 5.10 Å². The number of likely N-dealkylation sites (tertiary alicyclic amines) is 1. The van der Waals surface area contributed by atoms with Crippen LogP contribution in [0.15, 0.2) is 47.3 Å². The molecule has 0 bridgehead atoms. The van der Waals surface area contributed by atoms with Gasteiger partial charge < -0.3 is 15.3 Å². The van der Waals surface area contributed by atoms with Gasteiger partial charge in [-0.15, -0.1) is 5.10 Å². The summed E-state index contributed by atoms with van der Waals surface area (Å²) >= 11 is 3.43. The van der Waals surface area contributed by atoms with Gasteiger partial charge in [-0.1, -0.05) is 41.9 Å². The van der Waals surface area contributed by atoms with E-state index in [9.17, 15) is 14.7 Å². The fourth-order valence-electron chi connectivity index (χ4n) is 4.82. The highest BCUT2D eigenvalue weighted by Gasteiger charge is 2.45. The van der Waals surface area contributed by atoms with Crippen LogP contribution in [0.25, 0.3) is 5.69 Å². The maximum atomic E-state index is 13.8. The number of nitrogens with one attached hydrogen (secondary N) is 1. The van der Waals surface area contributed by atoms with Crippen LogP contribution in [0.2, 0.25) is 0 Å². The molecule has 0 radical (unpaired) electrons. The second-order valence-corrected chi connectivity index (χ2v) is 12.0. The Morgan fingerprint density at radius 2 is 1.92 bits per heavy atom. The second-order valence-electron chi connectivity index (χ2n) is 11.0. The summed E-state index contributed by atoms with van der Waals surface area (Å²) < 4.78 is 4.35. The molecule has 2 amide bonds. The minimum Gasteiger partial charge on any atom is -0.391 e. The van der Waals surface area contributed by atoms with Crippen LogP contribution in [0.4, 0.5) is 0 Å². The van der Waals surface area contributed by atoms with E-state index in [1.165, 1.54) is 4.90 Å². The van der Waals surface area contributed by atoms with Crippen molar-refractivity contribution in [3.05, 3.63) is 58.6 Å². The highest BCUT2D eigenvalue weighted by molar-refractivity contribution is 9.10. The van der Waals surface area contributed by atoms with Gasteiger partial charge >= 0.3 is 0 Å². The number of halogens is 1. The molecule has 3 aromatic rings. The Labute approximate surface area is 224 Å². The average molecular weight is 570 g/mol. The van der Waals surface area contributed by atoms with Crippen LogP contribution in [0.1, 0.15) is 63.3 Å². The molecule has 1 aliphatic heterocycles. The highest BCUT2D eigenvalue weighted by Crippen LogP contribution is 2.40. The van der Waals surface area contributed by atoms with E-state index >= 15 is 0 Å². The number of carbonyl (C=O) groups is 2. The molecule has 1 saturated carbocycles. The Balaban J connectivity index is 1.28. The largest absolute Gasteiger partial charge is 0.391 e.